The van der Waals surface area contributed by atoms with Crippen molar-refractivity contribution in [3.05, 3.63) is 29.8 Å². The standard InChI is InChI=1S/C15H21F3N2/c1-4-14(3)10-20(11(2)9-19-14)13-7-5-12(6-8-13)15(16,17)18/h5-8,11,19H,4,9-10H2,1-3H3. The van der Waals surface area contributed by atoms with Crippen LogP contribution in [0.4, 0.5) is 18.9 Å². The highest BCUT2D eigenvalue weighted by Crippen LogP contribution is 2.32. The second-order valence-corrected chi connectivity index (χ2v) is 5.82. The summed E-state index contributed by atoms with van der Waals surface area (Å²) in [5.74, 6) is 0. The lowest BCUT2D eigenvalue weighted by Crippen LogP contribution is -2.62. The van der Waals surface area contributed by atoms with Gasteiger partial charge in [0.05, 0.1) is 5.56 Å². The van der Waals surface area contributed by atoms with E-state index in [0.29, 0.717) is 0 Å². The van der Waals surface area contributed by atoms with Crippen molar-refractivity contribution < 1.29 is 13.2 Å². The molecule has 0 spiro atoms. The molecular formula is C15H21F3N2. The molecule has 1 aliphatic heterocycles. The first kappa shape index (κ1) is 15.2. The van der Waals surface area contributed by atoms with E-state index in [1.165, 1.54) is 0 Å². The highest BCUT2D eigenvalue weighted by Gasteiger charge is 2.34. The molecule has 1 aromatic rings. The van der Waals surface area contributed by atoms with E-state index in [9.17, 15) is 13.2 Å². The summed E-state index contributed by atoms with van der Waals surface area (Å²) in [6.45, 7) is 7.99. The second kappa shape index (κ2) is 5.28. The minimum absolute atomic E-state index is 0.00914. The number of nitrogens with one attached hydrogen (secondary N) is 1. The number of alkyl halides is 3. The van der Waals surface area contributed by atoms with Crippen molar-refractivity contribution in [2.75, 3.05) is 18.0 Å². The normalized spacial score (nSPS) is 27.7. The first-order chi connectivity index (χ1) is 9.25. The number of hydrogen-bond donors (Lipinski definition) is 1. The molecule has 0 saturated carbocycles. The largest absolute Gasteiger partial charge is 0.416 e. The van der Waals surface area contributed by atoms with Crippen LogP contribution in [0.25, 0.3) is 0 Å². The minimum Gasteiger partial charge on any atom is -0.366 e. The Hall–Kier alpha value is -1.23. The van der Waals surface area contributed by atoms with Crippen LogP contribution in [-0.4, -0.2) is 24.7 Å². The van der Waals surface area contributed by atoms with Gasteiger partial charge in [-0.05, 0) is 44.5 Å². The van der Waals surface area contributed by atoms with Crippen molar-refractivity contribution >= 4 is 5.69 Å². The van der Waals surface area contributed by atoms with Crippen LogP contribution in [0.15, 0.2) is 24.3 Å². The number of halogens is 3. The fourth-order valence-corrected chi connectivity index (χ4v) is 2.52. The molecule has 2 rings (SSSR count). The van der Waals surface area contributed by atoms with Gasteiger partial charge in [0.2, 0.25) is 0 Å². The molecular weight excluding hydrogens is 265 g/mol. The molecule has 0 bridgehead atoms. The van der Waals surface area contributed by atoms with E-state index < -0.39 is 11.7 Å². The summed E-state index contributed by atoms with van der Waals surface area (Å²) < 4.78 is 37.8. The van der Waals surface area contributed by atoms with E-state index in [-0.39, 0.29) is 11.6 Å². The third-order valence-electron chi connectivity index (χ3n) is 4.18. The molecule has 1 aliphatic rings. The maximum atomic E-state index is 12.6. The third kappa shape index (κ3) is 3.08. The van der Waals surface area contributed by atoms with Crippen molar-refractivity contribution in [1.29, 1.82) is 0 Å². The van der Waals surface area contributed by atoms with Crippen LogP contribution in [0.2, 0.25) is 0 Å². The van der Waals surface area contributed by atoms with Gasteiger partial charge in [0.1, 0.15) is 0 Å². The van der Waals surface area contributed by atoms with Crippen LogP contribution in [0.5, 0.6) is 0 Å². The molecule has 2 nitrogen and oxygen atoms in total. The van der Waals surface area contributed by atoms with E-state index in [4.69, 9.17) is 0 Å². The number of anilines is 1. The molecule has 5 heteroatoms. The Kier molecular flexibility index (Phi) is 4.00. The van der Waals surface area contributed by atoms with Gasteiger partial charge in [0.15, 0.2) is 0 Å². The van der Waals surface area contributed by atoms with Gasteiger partial charge in [0, 0.05) is 30.4 Å². The van der Waals surface area contributed by atoms with Crippen molar-refractivity contribution in [3.8, 4) is 0 Å². The topological polar surface area (TPSA) is 15.3 Å². The van der Waals surface area contributed by atoms with Crippen LogP contribution < -0.4 is 10.2 Å². The Morgan fingerprint density at radius 1 is 1.30 bits per heavy atom. The van der Waals surface area contributed by atoms with E-state index in [1.807, 2.05) is 0 Å². The molecule has 0 aliphatic carbocycles. The van der Waals surface area contributed by atoms with Crippen molar-refractivity contribution in [1.82, 2.24) is 5.32 Å². The number of hydrogen-bond acceptors (Lipinski definition) is 2. The Labute approximate surface area is 118 Å². The summed E-state index contributed by atoms with van der Waals surface area (Å²) in [5, 5.41) is 3.51. The zero-order valence-corrected chi connectivity index (χ0v) is 12.1. The summed E-state index contributed by atoms with van der Waals surface area (Å²) in [6, 6.07) is 5.73. The van der Waals surface area contributed by atoms with Crippen LogP contribution in [0, 0.1) is 0 Å². The van der Waals surface area contributed by atoms with Gasteiger partial charge in [0.25, 0.3) is 0 Å². The van der Waals surface area contributed by atoms with Gasteiger partial charge < -0.3 is 10.2 Å². The van der Waals surface area contributed by atoms with Crippen molar-refractivity contribution in [2.45, 2.75) is 44.9 Å². The Morgan fingerprint density at radius 3 is 2.40 bits per heavy atom. The van der Waals surface area contributed by atoms with Crippen molar-refractivity contribution in [3.63, 3.8) is 0 Å². The average molecular weight is 286 g/mol. The molecule has 2 unspecified atom stereocenters. The fourth-order valence-electron chi connectivity index (χ4n) is 2.52. The van der Waals surface area contributed by atoms with Crippen LogP contribution >= 0.6 is 0 Å². The molecule has 1 heterocycles. The maximum absolute atomic E-state index is 12.6. The summed E-state index contributed by atoms with van der Waals surface area (Å²) in [7, 11) is 0. The lowest BCUT2D eigenvalue weighted by molar-refractivity contribution is -0.137. The molecule has 20 heavy (non-hydrogen) atoms. The van der Waals surface area contributed by atoms with E-state index in [2.05, 4.69) is 31.0 Å². The number of piperazine rings is 1. The summed E-state index contributed by atoms with van der Waals surface area (Å²) in [6.07, 6.45) is -3.29. The predicted octanol–water partition coefficient (Wildman–Crippen LogP) is 3.67. The highest BCUT2D eigenvalue weighted by atomic mass is 19.4. The quantitative estimate of drug-likeness (QED) is 0.892. The van der Waals surface area contributed by atoms with Crippen LogP contribution in [0.3, 0.4) is 0 Å². The van der Waals surface area contributed by atoms with Crippen LogP contribution in [-0.2, 0) is 6.18 Å². The van der Waals surface area contributed by atoms with Crippen LogP contribution in [0.1, 0.15) is 32.8 Å². The molecule has 1 N–H and O–H groups in total. The van der Waals surface area contributed by atoms with E-state index >= 15 is 0 Å². The van der Waals surface area contributed by atoms with Gasteiger partial charge in [-0.25, -0.2) is 0 Å². The van der Waals surface area contributed by atoms with Gasteiger partial charge in [-0.3, -0.25) is 0 Å². The molecule has 1 fully saturated rings. The van der Waals surface area contributed by atoms with Gasteiger partial charge in [-0.1, -0.05) is 6.92 Å². The summed E-state index contributed by atoms with van der Waals surface area (Å²) >= 11 is 0. The van der Waals surface area contributed by atoms with Crippen molar-refractivity contribution in [2.24, 2.45) is 0 Å². The summed E-state index contributed by atoms with van der Waals surface area (Å²) in [4.78, 5) is 2.18. The Bertz CT molecular complexity index is 455. The van der Waals surface area contributed by atoms with Gasteiger partial charge in [-0.15, -0.1) is 0 Å². The molecule has 112 valence electrons. The smallest absolute Gasteiger partial charge is 0.366 e. The Morgan fingerprint density at radius 2 is 1.90 bits per heavy atom. The first-order valence-corrected chi connectivity index (χ1v) is 6.94. The molecule has 1 aromatic carbocycles. The number of benzene rings is 1. The number of nitrogens with zero attached hydrogens (tertiary/aromatic N) is 1. The SMILES string of the molecule is CCC1(C)CN(c2ccc(C(F)(F)F)cc2)C(C)CN1. The molecule has 0 aromatic heterocycles. The second-order valence-electron chi connectivity index (χ2n) is 5.82. The predicted molar refractivity (Wildman–Crippen MR) is 75.0 cm³/mol. The van der Waals surface area contributed by atoms with E-state index in [1.54, 1.807) is 12.1 Å². The maximum Gasteiger partial charge on any atom is 0.416 e. The van der Waals surface area contributed by atoms with Gasteiger partial charge >= 0.3 is 6.18 Å². The zero-order chi connectivity index (χ0) is 15.0. The minimum atomic E-state index is -4.27. The lowest BCUT2D eigenvalue weighted by Gasteiger charge is -2.46. The Balaban J connectivity index is 2.21. The van der Waals surface area contributed by atoms with Gasteiger partial charge in [-0.2, -0.15) is 13.2 Å². The molecule has 2 atom stereocenters. The zero-order valence-electron chi connectivity index (χ0n) is 12.1. The fraction of sp³-hybridized carbons (Fsp3) is 0.600. The molecule has 0 amide bonds. The monoisotopic (exact) mass is 286 g/mol. The highest BCUT2D eigenvalue weighted by molar-refractivity contribution is 5.50. The summed E-state index contributed by atoms with van der Waals surface area (Å²) in [5.41, 5.74) is 0.267. The first-order valence-electron chi connectivity index (χ1n) is 6.94. The molecule has 0 radical (unpaired) electrons. The average Bonchev–Trinajstić information content (AvgIpc) is 2.41. The molecule has 1 saturated heterocycles. The lowest BCUT2D eigenvalue weighted by atomic mass is 9.93. The number of rotatable bonds is 2. The van der Waals surface area contributed by atoms with E-state index in [0.717, 1.165) is 37.3 Å². The third-order valence-corrected chi connectivity index (χ3v) is 4.18.